The largest absolute Gasteiger partial charge is 0.484 e. The van der Waals surface area contributed by atoms with Crippen LogP contribution in [0.4, 0.5) is 0 Å². The number of carbonyl (C=O) groups excluding carboxylic acids is 1. The van der Waals surface area contributed by atoms with E-state index in [1.54, 1.807) is 36.5 Å². The summed E-state index contributed by atoms with van der Waals surface area (Å²) in [6.45, 7) is 0.819. The van der Waals surface area contributed by atoms with Crippen LogP contribution >= 0.6 is 11.6 Å². The average Bonchev–Trinajstić information content (AvgIpc) is 2.51. The Balaban J connectivity index is 1.66. The maximum atomic E-state index is 11.6. The van der Waals surface area contributed by atoms with Crippen molar-refractivity contribution in [2.45, 2.75) is 13.0 Å². The third-order valence-corrected chi connectivity index (χ3v) is 3.06. The van der Waals surface area contributed by atoms with Crippen molar-refractivity contribution >= 4 is 17.5 Å². The summed E-state index contributed by atoms with van der Waals surface area (Å²) in [6, 6.07) is 9.89. The zero-order valence-electron chi connectivity index (χ0n) is 11.9. The second-order valence-corrected chi connectivity index (χ2v) is 4.97. The van der Waals surface area contributed by atoms with Crippen LogP contribution in [0.2, 0.25) is 5.02 Å². The smallest absolute Gasteiger partial charge is 0.266 e. The summed E-state index contributed by atoms with van der Waals surface area (Å²) < 4.78 is 6.67. The van der Waals surface area contributed by atoms with Crippen molar-refractivity contribution in [3.8, 4) is 5.75 Å². The predicted octanol–water partition coefficient (Wildman–Crippen LogP) is 1.48. The highest BCUT2D eigenvalue weighted by Gasteiger charge is 2.03. The zero-order chi connectivity index (χ0) is 15.8. The van der Waals surface area contributed by atoms with Crippen molar-refractivity contribution in [1.82, 2.24) is 15.1 Å². The minimum atomic E-state index is -0.228. The van der Waals surface area contributed by atoms with Gasteiger partial charge in [0.1, 0.15) is 5.75 Å². The number of aromatic nitrogens is 2. The topological polar surface area (TPSA) is 73.2 Å². The van der Waals surface area contributed by atoms with E-state index in [4.69, 9.17) is 16.3 Å². The standard InChI is InChI=1S/C15H16ClN3O3/c16-12-4-1-5-13(10-12)22-11-14(20)17-7-3-9-19-15(21)6-2-8-18-19/h1-2,4-6,8,10H,3,7,9,11H2,(H,17,20). The highest BCUT2D eigenvalue weighted by Crippen LogP contribution is 2.16. The van der Waals surface area contributed by atoms with Gasteiger partial charge in [0.05, 0.1) is 0 Å². The van der Waals surface area contributed by atoms with E-state index in [0.717, 1.165) is 0 Å². The SMILES string of the molecule is O=C(COc1cccc(Cl)c1)NCCCn1ncccc1=O. The number of nitrogens with one attached hydrogen (secondary N) is 1. The lowest BCUT2D eigenvalue weighted by Crippen LogP contribution is -2.31. The highest BCUT2D eigenvalue weighted by molar-refractivity contribution is 6.30. The van der Waals surface area contributed by atoms with Crippen molar-refractivity contribution < 1.29 is 9.53 Å². The number of rotatable bonds is 7. The van der Waals surface area contributed by atoms with E-state index < -0.39 is 0 Å². The Morgan fingerprint density at radius 3 is 2.95 bits per heavy atom. The fourth-order valence-corrected chi connectivity index (χ4v) is 1.95. The van der Waals surface area contributed by atoms with Crippen molar-refractivity contribution in [3.63, 3.8) is 0 Å². The fraction of sp³-hybridized carbons (Fsp3) is 0.267. The van der Waals surface area contributed by atoms with Gasteiger partial charge in [-0.1, -0.05) is 17.7 Å². The molecule has 1 N–H and O–H groups in total. The minimum absolute atomic E-state index is 0.0795. The van der Waals surface area contributed by atoms with Gasteiger partial charge < -0.3 is 10.1 Å². The summed E-state index contributed by atoms with van der Waals surface area (Å²) in [5, 5.41) is 7.20. The minimum Gasteiger partial charge on any atom is -0.484 e. The first-order chi connectivity index (χ1) is 10.6. The molecule has 116 valence electrons. The molecule has 0 saturated heterocycles. The lowest BCUT2D eigenvalue weighted by Gasteiger charge is -2.08. The van der Waals surface area contributed by atoms with Crippen LogP contribution < -0.4 is 15.6 Å². The Labute approximate surface area is 132 Å². The Hall–Kier alpha value is -2.34. The van der Waals surface area contributed by atoms with Gasteiger partial charge in [-0.3, -0.25) is 9.59 Å². The molecule has 2 aromatic rings. The van der Waals surface area contributed by atoms with Crippen LogP contribution in [-0.2, 0) is 11.3 Å². The summed E-state index contributed by atoms with van der Waals surface area (Å²) in [4.78, 5) is 23.0. The second-order valence-electron chi connectivity index (χ2n) is 4.53. The number of amides is 1. The van der Waals surface area contributed by atoms with Gasteiger partial charge in [-0.2, -0.15) is 5.10 Å². The monoisotopic (exact) mass is 321 g/mol. The summed E-state index contributed by atoms with van der Waals surface area (Å²) in [6.07, 6.45) is 2.17. The molecule has 1 heterocycles. The van der Waals surface area contributed by atoms with Crippen LogP contribution in [0.25, 0.3) is 0 Å². The quantitative estimate of drug-likeness (QED) is 0.784. The molecule has 0 saturated carbocycles. The van der Waals surface area contributed by atoms with Crippen LogP contribution in [0.5, 0.6) is 5.75 Å². The molecule has 22 heavy (non-hydrogen) atoms. The molecular weight excluding hydrogens is 306 g/mol. The van der Waals surface area contributed by atoms with E-state index in [0.29, 0.717) is 30.3 Å². The van der Waals surface area contributed by atoms with Crippen molar-refractivity contribution in [2.75, 3.05) is 13.2 Å². The van der Waals surface area contributed by atoms with Crippen LogP contribution in [0.1, 0.15) is 6.42 Å². The van der Waals surface area contributed by atoms with E-state index >= 15 is 0 Å². The molecule has 1 aromatic carbocycles. The van der Waals surface area contributed by atoms with Gasteiger partial charge >= 0.3 is 0 Å². The molecule has 0 atom stereocenters. The second kappa shape index (κ2) is 8.19. The number of benzene rings is 1. The number of hydrogen-bond acceptors (Lipinski definition) is 4. The molecule has 6 nitrogen and oxygen atoms in total. The Morgan fingerprint density at radius 2 is 2.18 bits per heavy atom. The molecule has 0 spiro atoms. The number of aryl methyl sites for hydroxylation is 1. The van der Waals surface area contributed by atoms with Crippen LogP contribution in [0.3, 0.4) is 0 Å². The van der Waals surface area contributed by atoms with Gasteiger partial charge in [0.2, 0.25) is 0 Å². The van der Waals surface area contributed by atoms with E-state index in [2.05, 4.69) is 10.4 Å². The molecule has 0 aliphatic heterocycles. The number of carbonyl (C=O) groups is 1. The van der Waals surface area contributed by atoms with Crippen LogP contribution in [-0.4, -0.2) is 28.8 Å². The van der Waals surface area contributed by atoms with Crippen molar-refractivity contribution in [1.29, 1.82) is 0 Å². The van der Waals surface area contributed by atoms with Crippen molar-refractivity contribution in [3.05, 3.63) is 58.0 Å². The molecule has 1 amide bonds. The molecule has 0 unspecified atom stereocenters. The molecule has 7 heteroatoms. The van der Waals surface area contributed by atoms with Crippen molar-refractivity contribution in [2.24, 2.45) is 0 Å². The zero-order valence-corrected chi connectivity index (χ0v) is 12.6. The van der Waals surface area contributed by atoms with Gasteiger partial charge in [0.25, 0.3) is 11.5 Å². The fourth-order valence-electron chi connectivity index (χ4n) is 1.77. The summed E-state index contributed by atoms with van der Waals surface area (Å²) in [5.41, 5.74) is -0.155. The number of nitrogens with zero attached hydrogens (tertiary/aromatic N) is 2. The van der Waals surface area contributed by atoms with Gasteiger partial charge in [0.15, 0.2) is 6.61 Å². The van der Waals surface area contributed by atoms with Crippen LogP contribution in [0, 0.1) is 0 Å². The summed E-state index contributed by atoms with van der Waals surface area (Å²) in [5.74, 6) is 0.316. The first-order valence-electron chi connectivity index (χ1n) is 6.82. The van der Waals surface area contributed by atoms with E-state index in [9.17, 15) is 9.59 Å². The molecule has 0 radical (unpaired) electrons. The molecule has 0 aliphatic rings. The molecule has 0 bridgehead atoms. The maximum absolute atomic E-state index is 11.6. The molecule has 0 aliphatic carbocycles. The van der Waals surface area contributed by atoms with E-state index in [1.165, 1.54) is 10.7 Å². The average molecular weight is 322 g/mol. The number of ether oxygens (including phenoxy) is 1. The van der Waals surface area contributed by atoms with Crippen LogP contribution in [0.15, 0.2) is 47.4 Å². The number of halogens is 1. The third-order valence-electron chi connectivity index (χ3n) is 2.82. The van der Waals surface area contributed by atoms with E-state index in [1.807, 2.05) is 0 Å². The van der Waals surface area contributed by atoms with Gasteiger partial charge in [-0.05, 0) is 30.7 Å². The lowest BCUT2D eigenvalue weighted by atomic mass is 10.3. The molecule has 1 aromatic heterocycles. The van der Waals surface area contributed by atoms with Gasteiger partial charge in [0, 0.05) is 30.4 Å². The predicted molar refractivity (Wildman–Crippen MR) is 83.1 cm³/mol. The molecule has 2 rings (SSSR count). The summed E-state index contributed by atoms with van der Waals surface area (Å²) in [7, 11) is 0. The lowest BCUT2D eigenvalue weighted by molar-refractivity contribution is -0.123. The Kier molecular flexibility index (Phi) is 5.97. The van der Waals surface area contributed by atoms with Gasteiger partial charge in [-0.15, -0.1) is 0 Å². The number of hydrogen-bond donors (Lipinski definition) is 1. The normalized spacial score (nSPS) is 10.2. The Bertz CT molecular complexity index is 687. The third kappa shape index (κ3) is 5.21. The Morgan fingerprint density at radius 1 is 1.32 bits per heavy atom. The highest BCUT2D eigenvalue weighted by atomic mass is 35.5. The molecule has 0 fully saturated rings. The van der Waals surface area contributed by atoms with E-state index in [-0.39, 0.29) is 18.1 Å². The summed E-state index contributed by atoms with van der Waals surface area (Å²) >= 11 is 5.82. The van der Waals surface area contributed by atoms with Gasteiger partial charge in [-0.25, -0.2) is 4.68 Å². The molecular formula is C15H16ClN3O3. The first-order valence-corrected chi connectivity index (χ1v) is 7.20. The first kappa shape index (κ1) is 16.0. The maximum Gasteiger partial charge on any atom is 0.266 e.